The third-order valence-electron chi connectivity index (χ3n) is 4.35. The summed E-state index contributed by atoms with van der Waals surface area (Å²) < 4.78 is 0. The molecule has 0 bridgehead atoms. The van der Waals surface area contributed by atoms with Crippen molar-refractivity contribution in [3.63, 3.8) is 0 Å². The minimum Gasteiger partial charge on any atom is -0.481 e. The number of carboxylic acid groups (broad SMARTS) is 1. The Labute approximate surface area is 121 Å². The first kappa shape index (κ1) is 17.0. The van der Waals surface area contributed by atoms with Gasteiger partial charge in [0.05, 0.1) is 5.41 Å². The van der Waals surface area contributed by atoms with E-state index in [1.165, 1.54) is 0 Å². The molecule has 5 heteroatoms. The maximum atomic E-state index is 12.4. The number of amides is 1. The highest BCUT2D eigenvalue weighted by molar-refractivity contribution is 5.83. The molecule has 0 aromatic rings. The molecule has 1 rings (SSSR count). The minimum atomic E-state index is -0.731. The molecule has 5 nitrogen and oxygen atoms in total. The van der Waals surface area contributed by atoms with E-state index in [9.17, 15) is 9.59 Å². The van der Waals surface area contributed by atoms with Crippen molar-refractivity contribution in [3.05, 3.63) is 0 Å². The molecule has 1 amide bonds. The van der Waals surface area contributed by atoms with E-state index in [-0.39, 0.29) is 17.7 Å². The van der Waals surface area contributed by atoms with E-state index in [0.717, 1.165) is 45.2 Å². The highest BCUT2D eigenvalue weighted by atomic mass is 16.4. The quantitative estimate of drug-likeness (QED) is 0.564. The van der Waals surface area contributed by atoms with Crippen LogP contribution in [0.25, 0.3) is 0 Å². The third-order valence-corrected chi connectivity index (χ3v) is 4.35. The van der Waals surface area contributed by atoms with Gasteiger partial charge in [0, 0.05) is 19.5 Å². The molecule has 1 aliphatic heterocycles. The number of unbranched alkanes of at least 4 members (excludes halogenated alkanes) is 3. The number of carboxylic acids is 1. The molecule has 116 valence electrons. The summed E-state index contributed by atoms with van der Waals surface area (Å²) in [6.07, 6.45) is 4.69. The molecule has 1 saturated heterocycles. The number of hydrogen-bond acceptors (Lipinski definition) is 3. The van der Waals surface area contributed by atoms with Gasteiger partial charge >= 0.3 is 5.97 Å². The Balaban J connectivity index is 2.18. The second-order valence-electron chi connectivity index (χ2n) is 6.05. The second kappa shape index (κ2) is 8.25. The summed E-state index contributed by atoms with van der Waals surface area (Å²) >= 11 is 0. The molecule has 0 spiro atoms. The smallest absolute Gasteiger partial charge is 0.303 e. The van der Waals surface area contributed by atoms with Gasteiger partial charge in [0.1, 0.15) is 0 Å². The van der Waals surface area contributed by atoms with Gasteiger partial charge in [-0.05, 0) is 31.7 Å². The van der Waals surface area contributed by atoms with E-state index >= 15 is 0 Å². The fraction of sp³-hybridized carbons (Fsp3) is 0.867. The molecule has 1 heterocycles. The SMILES string of the molecule is CC(C)C1(C(=O)NCCCCCCC(=O)O)CCNC1. The summed E-state index contributed by atoms with van der Waals surface area (Å²) in [5.41, 5.74) is -0.247. The highest BCUT2D eigenvalue weighted by Gasteiger charge is 2.43. The van der Waals surface area contributed by atoms with Crippen LogP contribution in [-0.2, 0) is 9.59 Å². The maximum Gasteiger partial charge on any atom is 0.303 e. The summed E-state index contributed by atoms with van der Waals surface area (Å²) in [6.45, 7) is 6.60. The van der Waals surface area contributed by atoms with Crippen LogP contribution in [0.4, 0.5) is 0 Å². The van der Waals surface area contributed by atoms with E-state index in [2.05, 4.69) is 24.5 Å². The molecular weight excluding hydrogens is 256 g/mol. The molecule has 1 atom stereocenters. The molecule has 0 aromatic carbocycles. The van der Waals surface area contributed by atoms with Crippen molar-refractivity contribution in [1.82, 2.24) is 10.6 Å². The first-order chi connectivity index (χ1) is 9.49. The largest absolute Gasteiger partial charge is 0.481 e. The van der Waals surface area contributed by atoms with Crippen LogP contribution in [0.2, 0.25) is 0 Å². The number of rotatable bonds is 9. The van der Waals surface area contributed by atoms with Gasteiger partial charge in [0.15, 0.2) is 0 Å². The number of hydrogen-bond donors (Lipinski definition) is 3. The van der Waals surface area contributed by atoms with E-state index in [1.807, 2.05) is 0 Å². The summed E-state index contributed by atoms with van der Waals surface area (Å²) in [5.74, 6) is -0.220. The molecule has 0 saturated carbocycles. The summed E-state index contributed by atoms with van der Waals surface area (Å²) in [7, 11) is 0. The van der Waals surface area contributed by atoms with E-state index in [4.69, 9.17) is 5.11 Å². The van der Waals surface area contributed by atoms with Gasteiger partial charge in [-0.1, -0.05) is 26.7 Å². The van der Waals surface area contributed by atoms with Crippen molar-refractivity contribution in [2.24, 2.45) is 11.3 Å². The van der Waals surface area contributed by atoms with Gasteiger partial charge in [-0.3, -0.25) is 9.59 Å². The zero-order chi connectivity index (χ0) is 15.0. The molecule has 0 radical (unpaired) electrons. The Morgan fingerprint density at radius 3 is 2.50 bits per heavy atom. The Morgan fingerprint density at radius 1 is 1.25 bits per heavy atom. The summed E-state index contributed by atoms with van der Waals surface area (Å²) in [6, 6.07) is 0. The lowest BCUT2D eigenvalue weighted by molar-refractivity contribution is -0.137. The van der Waals surface area contributed by atoms with Crippen LogP contribution in [0.1, 0.15) is 52.4 Å². The lowest BCUT2D eigenvalue weighted by atomic mass is 9.75. The molecule has 20 heavy (non-hydrogen) atoms. The number of carbonyl (C=O) groups is 2. The molecule has 0 aliphatic carbocycles. The van der Waals surface area contributed by atoms with Crippen molar-refractivity contribution >= 4 is 11.9 Å². The van der Waals surface area contributed by atoms with Crippen LogP contribution >= 0.6 is 0 Å². The molecule has 0 aromatic heterocycles. The van der Waals surface area contributed by atoms with Crippen LogP contribution in [-0.4, -0.2) is 36.6 Å². The average Bonchev–Trinajstić information content (AvgIpc) is 2.87. The first-order valence-corrected chi connectivity index (χ1v) is 7.70. The van der Waals surface area contributed by atoms with Crippen LogP contribution in [0.15, 0.2) is 0 Å². The van der Waals surface area contributed by atoms with Gasteiger partial charge in [-0.25, -0.2) is 0 Å². The monoisotopic (exact) mass is 284 g/mol. The van der Waals surface area contributed by atoms with Crippen LogP contribution in [0, 0.1) is 11.3 Å². The van der Waals surface area contributed by atoms with E-state index < -0.39 is 5.97 Å². The van der Waals surface area contributed by atoms with Crippen molar-refractivity contribution in [2.45, 2.75) is 52.4 Å². The summed E-state index contributed by atoms with van der Waals surface area (Å²) in [5, 5.41) is 14.9. The third kappa shape index (κ3) is 4.78. The topological polar surface area (TPSA) is 78.4 Å². The molecular formula is C15H28N2O3. The fourth-order valence-electron chi connectivity index (χ4n) is 2.79. The summed E-state index contributed by atoms with van der Waals surface area (Å²) in [4.78, 5) is 22.7. The number of aliphatic carboxylic acids is 1. The first-order valence-electron chi connectivity index (χ1n) is 7.70. The number of carbonyl (C=O) groups excluding carboxylic acids is 1. The number of nitrogens with one attached hydrogen (secondary N) is 2. The van der Waals surface area contributed by atoms with Crippen molar-refractivity contribution < 1.29 is 14.7 Å². The van der Waals surface area contributed by atoms with Gasteiger partial charge in [-0.2, -0.15) is 0 Å². The Bertz CT molecular complexity index is 323. The Morgan fingerprint density at radius 2 is 1.95 bits per heavy atom. The van der Waals surface area contributed by atoms with Gasteiger partial charge in [0.2, 0.25) is 5.91 Å². The average molecular weight is 284 g/mol. The minimum absolute atomic E-state index is 0.169. The van der Waals surface area contributed by atoms with E-state index in [1.54, 1.807) is 0 Å². The van der Waals surface area contributed by atoms with Crippen LogP contribution < -0.4 is 10.6 Å². The van der Waals surface area contributed by atoms with Gasteiger partial charge in [-0.15, -0.1) is 0 Å². The second-order valence-corrected chi connectivity index (χ2v) is 6.05. The molecule has 1 unspecified atom stereocenters. The fourth-order valence-corrected chi connectivity index (χ4v) is 2.79. The van der Waals surface area contributed by atoms with Crippen molar-refractivity contribution in [2.75, 3.05) is 19.6 Å². The maximum absolute atomic E-state index is 12.4. The lowest BCUT2D eigenvalue weighted by Crippen LogP contribution is -2.46. The predicted octanol–water partition coefficient (Wildman–Crippen LogP) is 1.77. The van der Waals surface area contributed by atoms with Crippen molar-refractivity contribution in [1.29, 1.82) is 0 Å². The van der Waals surface area contributed by atoms with Crippen LogP contribution in [0.3, 0.4) is 0 Å². The molecule has 1 aliphatic rings. The highest BCUT2D eigenvalue weighted by Crippen LogP contribution is 2.34. The zero-order valence-electron chi connectivity index (χ0n) is 12.7. The Kier molecular flexibility index (Phi) is 6.99. The van der Waals surface area contributed by atoms with Gasteiger partial charge in [0.25, 0.3) is 0 Å². The van der Waals surface area contributed by atoms with E-state index in [0.29, 0.717) is 12.5 Å². The normalized spacial score (nSPS) is 22.1. The predicted molar refractivity (Wildman–Crippen MR) is 78.5 cm³/mol. The van der Waals surface area contributed by atoms with Crippen LogP contribution in [0.5, 0.6) is 0 Å². The lowest BCUT2D eigenvalue weighted by Gasteiger charge is -2.31. The molecule has 1 fully saturated rings. The standard InChI is InChI=1S/C15H28N2O3/c1-12(2)15(8-10-16-11-15)14(20)17-9-6-4-3-5-7-13(18)19/h12,16H,3-11H2,1-2H3,(H,17,20)(H,18,19). The zero-order valence-corrected chi connectivity index (χ0v) is 12.7. The molecule has 3 N–H and O–H groups in total. The Hall–Kier alpha value is -1.10. The van der Waals surface area contributed by atoms with Crippen molar-refractivity contribution in [3.8, 4) is 0 Å². The van der Waals surface area contributed by atoms with Gasteiger partial charge < -0.3 is 15.7 Å².